The fourth-order valence-electron chi connectivity index (χ4n) is 1.27. The van der Waals surface area contributed by atoms with Gasteiger partial charge in [0.2, 0.25) is 5.88 Å². The molecule has 0 bridgehead atoms. The molecule has 3 nitrogen and oxygen atoms in total. The molecule has 1 heterocycles. The van der Waals surface area contributed by atoms with Gasteiger partial charge in [-0.1, -0.05) is 17.7 Å². The number of hydrogen-bond donors (Lipinski definition) is 0. The summed E-state index contributed by atoms with van der Waals surface area (Å²) in [5, 5.41) is 0.322. The first-order valence-corrected chi connectivity index (χ1v) is 5.37. The molecule has 0 fully saturated rings. The highest BCUT2D eigenvalue weighted by molar-refractivity contribution is 6.30. The highest BCUT2D eigenvalue weighted by Gasteiger charge is 2.08. The molecule has 0 atom stereocenters. The van der Waals surface area contributed by atoms with E-state index >= 15 is 0 Å². The largest absolute Gasteiger partial charge is 0.438 e. The smallest absolute Gasteiger partial charge is 0.226 e. The molecule has 0 unspecified atom stereocenters. The van der Waals surface area contributed by atoms with E-state index in [2.05, 4.69) is 9.97 Å². The molecule has 0 spiro atoms. The fourth-order valence-corrected chi connectivity index (χ4v) is 1.39. The molecule has 0 saturated carbocycles. The van der Waals surface area contributed by atoms with Crippen LogP contribution in [-0.4, -0.2) is 9.97 Å². The second-order valence-electron chi connectivity index (χ2n) is 3.61. The van der Waals surface area contributed by atoms with Crippen LogP contribution in [0.25, 0.3) is 0 Å². The number of aryl methyl sites for hydroxylation is 1. The number of nitrogens with zero attached hydrogens (tertiary/aromatic N) is 2. The van der Waals surface area contributed by atoms with E-state index in [4.69, 9.17) is 16.3 Å². The molecule has 0 N–H and O–H groups in total. The SMILES string of the molecule is Cc1ccc(Oc2ncnc(Cl)c2C)cc1F. The Morgan fingerprint density at radius 2 is 2.00 bits per heavy atom. The molecule has 2 rings (SSSR count). The minimum absolute atomic E-state index is 0.319. The highest BCUT2D eigenvalue weighted by Crippen LogP contribution is 2.26. The summed E-state index contributed by atoms with van der Waals surface area (Å²) in [6, 6.07) is 4.63. The van der Waals surface area contributed by atoms with Crippen LogP contribution in [-0.2, 0) is 0 Å². The summed E-state index contributed by atoms with van der Waals surface area (Å²) in [6.07, 6.45) is 1.30. The Labute approximate surface area is 103 Å². The molecule has 17 heavy (non-hydrogen) atoms. The lowest BCUT2D eigenvalue weighted by atomic mass is 10.2. The van der Waals surface area contributed by atoms with Crippen LogP contribution in [0.1, 0.15) is 11.1 Å². The van der Waals surface area contributed by atoms with Crippen molar-refractivity contribution >= 4 is 11.6 Å². The maximum Gasteiger partial charge on any atom is 0.226 e. The predicted molar refractivity (Wildman–Crippen MR) is 63.0 cm³/mol. The maximum absolute atomic E-state index is 13.3. The van der Waals surface area contributed by atoms with Gasteiger partial charge in [-0.2, -0.15) is 0 Å². The van der Waals surface area contributed by atoms with Crippen LogP contribution in [0, 0.1) is 19.7 Å². The summed E-state index contributed by atoms with van der Waals surface area (Å²) in [5.41, 5.74) is 1.19. The normalized spacial score (nSPS) is 10.4. The summed E-state index contributed by atoms with van der Waals surface area (Å²) < 4.78 is 18.8. The number of hydrogen-bond acceptors (Lipinski definition) is 3. The molecule has 0 radical (unpaired) electrons. The van der Waals surface area contributed by atoms with E-state index in [0.717, 1.165) is 0 Å². The fraction of sp³-hybridized carbons (Fsp3) is 0.167. The van der Waals surface area contributed by atoms with E-state index in [-0.39, 0.29) is 5.82 Å². The third-order valence-electron chi connectivity index (χ3n) is 2.33. The first-order chi connectivity index (χ1) is 8.08. The van der Waals surface area contributed by atoms with E-state index in [1.54, 1.807) is 26.0 Å². The van der Waals surface area contributed by atoms with Crippen LogP contribution in [0.5, 0.6) is 11.6 Å². The summed E-state index contributed by atoms with van der Waals surface area (Å²) >= 11 is 5.83. The van der Waals surface area contributed by atoms with E-state index in [1.165, 1.54) is 12.4 Å². The summed E-state index contributed by atoms with van der Waals surface area (Å²) in [6.45, 7) is 3.42. The third kappa shape index (κ3) is 2.53. The lowest BCUT2D eigenvalue weighted by Gasteiger charge is -2.08. The van der Waals surface area contributed by atoms with Crippen molar-refractivity contribution in [2.45, 2.75) is 13.8 Å². The predicted octanol–water partition coefficient (Wildman–Crippen LogP) is 3.68. The molecule has 2 aromatic rings. The number of benzene rings is 1. The topological polar surface area (TPSA) is 35.0 Å². The van der Waals surface area contributed by atoms with Gasteiger partial charge >= 0.3 is 0 Å². The summed E-state index contributed by atoms with van der Waals surface area (Å²) in [4.78, 5) is 7.76. The van der Waals surface area contributed by atoms with E-state index in [9.17, 15) is 4.39 Å². The standard InChI is InChI=1S/C12H10ClFN2O/c1-7-3-4-9(5-10(7)14)17-12-8(2)11(13)15-6-16-12/h3-6H,1-2H3. The van der Waals surface area contributed by atoms with Gasteiger partial charge in [0.15, 0.2) is 0 Å². The van der Waals surface area contributed by atoms with Crippen molar-refractivity contribution in [3.63, 3.8) is 0 Å². The van der Waals surface area contributed by atoms with Crippen molar-refractivity contribution in [3.05, 3.63) is 46.6 Å². The Morgan fingerprint density at radius 3 is 2.71 bits per heavy atom. The zero-order valence-corrected chi connectivity index (χ0v) is 10.1. The summed E-state index contributed by atoms with van der Waals surface area (Å²) in [5.74, 6) is 0.388. The van der Waals surface area contributed by atoms with Gasteiger partial charge in [0.1, 0.15) is 23.0 Å². The lowest BCUT2D eigenvalue weighted by Crippen LogP contribution is -1.94. The number of aromatic nitrogens is 2. The first-order valence-electron chi connectivity index (χ1n) is 4.99. The molecule has 88 valence electrons. The molecule has 0 aliphatic carbocycles. The average molecular weight is 253 g/mol. The molecular weight excluding hydrogens is 243 g/mol. The third-order valence-corrected chi connectivity index (χ3v) is 2.72. The van der Waals surface area contributed by atoms with Gasteiger partial charge in [-0.3, -0.25) is 0 Å². The maximum atomic E-state index is 13.3. The second kappa shape index (κ2) is 4.67. The Hall–Kier alpha value is -1.68. The monoisotopic (exact) mass is 252 g/mol. The van der Waals surface area contributed by atoms with Crippen molar-refractivity contribution in [2.75, 3.05) is 0 Å². The van der Waals surface area contributed by atoms with Crippen LogP contribution in [0.15, 0.2) is 24.5 Å². The Kier molecular flexibility index (Phi) is 3.24. The van der Waals surface area contributed by atoms with Crippen LogP contribution in [0.3, 0.4) is 0 Å². The molecule has 0 saturated heterocycles. The molecule has 0 amide bonds. The molecule has 1 aromatic heterocycles. The molecule has 5 heteroatoms. The van der Waals surface area contributed by atoms with Crippen LogP contribution >= 0.6 is 11.6 Å². The molecule has 1 aromatic carbocycles. The molecular formula is C12H10ClFN2O. The Morgan fingerprint density at radius 1 is 1.24 bits per heavy atom. The Bertz CT molecular complexity index is 560. The van der Waals surface area contributed by atoms with Gasteiger partial charge in [-0.05, 0) is 25.5 Å². The zero-order chi connectivity index (χ0) is 12.4. The van der Waals surface area contributed by atoms with E-state index in [0.29, 0.717) is 27.9 Å². The minimum Gasteiger partial charge on any atom is -0.438 e. The van der Waals surface area contributed by atoms with Crippen molar-refractivity contribution in [1.29, 1.82) is 0 Å². The lowest BCUT2D eigenvalue weighted by molar-refractivity contribution is 0.452. The van der Waals surface area contributed by atoms with Crippen molar-refractivity contribution in [2.24, 2.45) is 0 Å². The minimum atomic E-state index is -0.319. The van der Waals surface area contributed by atoms with Gasteiger partial charge in [0, 0.05) is 11.6 Å². The molecule has 0 aliphatic rings. The van der Waals surface area contributed by atoms with Crippen molar-refractivity contribution < 1.29 is 9.13 Å². The quantitative estimate of drug-likeness (QED) is 0.765. The first kappa shape index (κ1) is 11.8. The van der Waals surface area contributed by atoms with E-state index < -0.39 is 0 Å². The second-order valence-corrected chi connectivity index (χ2v) is 3.97. The van der Waals surface area contributed by atoms with Gasteiger partial charge < -0.3 is 4.74 Å². The van der Waals surface area contributed by atoms with Crippen LogP contribution < -0.4 is 4.74 Å². The van der Waals surface area contributed by atoms with Gasteiger partial charge in [0.05, 0.1) is 0 Å². The van der Waals surface area contributed by atoms with Gasteiger partial charge in [-0.15, -0.1) is 0 Å². The highest BCUT2D eigenvalue weighted by atomic mass is 35.5. The van der Waals surface area contributed by atoms with Gasteiger partial charge in [-0.25, -0.2) is 14.4 Å². The van der Waals surface area contributed by atoms with Gasteiger partial charge in [0.25, 0.3) is 0 Å². The number of halogens is 2. The van der Waals surface area contributed by atoms with E-state index in [1.807, 2.05) is 0 Å². The van der Waals surface area contributed by atoms with Crippen molar-refractivity contribution in [3.8, 4) is 11.6 Å². The number of ether oxygens (including phenoxy) is 1. The molecule has 0 aliphatic heterocycles. The Balaban J connectivity index is 2.31. The van der Waals surface area contributed by atoms with Crippen LogP contribution in [0.4, 0.5) is 4.39 Å². The number of rotatable bonds is 2. The average Bonchev–Trinajstić information content (AvgIpc) is 2.30. The zero-order valence-electron chi connectivity index (χ0n) is 9.37. The summed E-state index contributed by atoms with van der Waals surface area (Å²) in [7, 11) is 0. The van der Waals surface area contributed by atoms with Crippen LogP contribution in [0.2, 0.25) is 5.15 Å². The van der Waals surface area contributed by atoms with Crippen molar-refractivity contribution in [1.82, 2.24) is 9.97 Å².